The quantitative estimate of drug-likeness (QED) is 0.600. The summed E-state index contributed by atoms with van der Waals surface area (Å²) in [6, 6.07) is 19.3. The molecular formula is C26H24N2O2. The average molecular weight is 399 g/mol. The van der Waals surface area contributed by atoms with Gasteiger partial charge in [0.25, 0.3) is 0 Å². The summed E-state index contributed by atoms with van der Waals surface area (Å²) in [4.78, 5) is 28.9. The number of carbonyl (C=O) groups is 2. The fourth-order valence-corrected chi connectivity index (χ4v) is 4.28. The van der Waals surface area contributed by atoms with Gasteiger partial charge in [0.05, 0.1) is 14.1 Å². The van der Waals surface area contributed by atoms with Crippen LogP contribution in [0.2, 0.25) is 0 Å². The number of carbonyl (C=O) groups excluding carboxylic acids is 2. The van der Waals surface area contributed by atoms with Crippen molar-refractivity contribution in [2.45, 2.75) is 25.7 Å². The van der Waals surface area contributed by atoms with E-state index in [0.29, 0.717) is 48.4 Å². The molecule has 0 aliphatic carbocycles. The molecule has 2 aliphatic rings. The van der Waals surface area contributed by atoms with E-state index in [0.717, 1.165) is 24.0 Å². The Morgan fingerprint density at radius 3 is 1.37 bits per heavy atom. The Morgan fingerprint density at radius 1 is 0.633 bits per heavy atom. The van der Waals surface area contributed by atoms with Gasteiger partial charge in [-0.25, -0.2) is 0 Å². The molecule has 4 nitrogen and oxygen atoms in total. The summed E-state index contributed by atoms with van der Waals surface area (Å²) in [6.07, 6.45) is 2.34. The van der Waals surface area contributed by atoms with Crippen molar-refractivity contribution in [3.63, 3.8) is 0 Å². The van der Waals surface area contributed by atoms with Crippen LogP contribution < -0.4 is 9.80 Å². The molecule has 2 heterocycles. The largest absolute Gasteiger partial charge is 0.312 e. The lowest BCUT2D eigenvalue weighted by molar-refractivity contribution is -0.117. The molecule has 0 radical (unpaired) electrons. The van der Waals surface area contributed by atoms with Gasteiger partial charge in [-0.2, -0.15) is 0 Å². The summed E-state index contributed by atoms with van der Waals surface area (Å²) >= 11 is 0. The number of rotatable bonds is 4. The van der Waals surface area contributed by atoms with Crippen LogP contribution in [0.3, 0.4) is 0 Å². The Labute approximate surface area is 179 Å². The average Bonchev–Trinajstić information content (AvgIpc) is 3.43. The zero-order valence-corrected chi connectivity index (χ0v) is 16.7. The minimum absolute atomic E-state index is 0.0286. The molecule has 3 aromatic rings. The van der Waals surface area contributed by atoms with Crippen LogP contribution in [-0.4, -0.2) is 24.9 Å². The molecule has 4 heteroatoms. The van der Waals surface area contributed by atoms with Gasteiger partial charge in [-0.1, -0.05) is 60.7 Å². The van der Waals surface area contributed by atoms with E-state index in [1.807, 2.05) is 60.7 Å². The van der Waals surface area contributed by atoms with E-state index in [9.17, 15) is 12.3 Å². The van der Waals surface area contributed by atoms with Crippen molar-refractivity contribution < 1.29 is 12.3 Å². The first-order chi connectivity index (χ1) is 15.6. The Hall–Kier alpha value is -3.40. The molecule has 2 aliphatic heterocycles. The van der Waals surface area contributed by atoms with Crippen LogP contribution >= 0.6 is 0 Å². The number of hydrogen-bond donors (Lipinski definition) is 0. The minimum Gasteiger partial charge on any atom is -0.312 e. The Kier molecular flexibility index (Phi) is 4.26. The van der Waals surface area contributed by atoms with E-state index in [4.69, 9.17) is 0 Å². The molecule has 0 unspecified atom stereocenters. The SMILES string of the molecule is [2H]c1c(-c2ccccc2)c(N2CCCC2=O)c([2H])c(-c2ccccc2)c1N1CCCC1=O. The monoisotopic (exact) mass is 398 g/mol. The van der Waals surface area contributed by atoms with E-state index in [1.165, 1.54) is 0 Å². The normalized spacial score (nSPS) is 17.5. The Bertz CT molecular complexity index is 1100. The maximum atomic E-state index is 12.8. The molecule has 5 rings (SSSR count). The first kappa shape index (κ1) is 16.4. The highest BCUT2D eigenvalue weighted by molar-refractivity contribution is 6.05. The van der Waals surface area contributed by atoms with Crippen molar-refractivity contribution in [1.29, 1.82) is 0 Å². The smallest absolute Gasteiger partial charge is 0.227 e. The summed E-state index contributed by atoms with van der Waals surface area (Å²) in [6.45, 7) is 1.06. The molecule has 3 aromatic carbocycles. The summed E-state index contributed by atoms with van der Waals surface area (Å²) in [7, 11) is 0. The van der Waals surface area contributed by atoms with E-state index < -0.39 is 0 Å². The summed E-state index contributed by atoms with van der Waals surface area (Å²) < 4.78 is 18.6. The maximum Gasteiger partial charge on any atom is 0.227 e. The highest BCUT2D eigenvalue weighted by atomic mass is 16.2. The van der Waals surface area contributed by atoms with Gasteiger partial charge in [-0.3, -0.25) is 9.59 Å². The lowest BCUT2D eigenvalue weighted by atomic mass is 9.95. The second-order valence-corrected chi connectivity index (χ2v) is 7.73. The van der Waals surface area contributed by atoms with Gasteiger partial charge < -0.3 is 9.80 Å². The Morgan fingerprint density at radius 2 is 1.03 bits per heavy atom. The first-order valence-corrected chi connectivity index (χ1v) is 10.5. The topological polar surface area (TPSA) is 40.6 Å². The van der Waals surface area contributed by atoms with Crippen molar-refractivity contribution in [3.8, 4) is 22.3 Å². The lowest BCUT2D eigenvalue weighted by Gasteiger charge is -2.26. The van der Waals surface area contributed by atoms with Gasteiger partial charge in [0.1, 0.15) is 0 Å². The zero-order valence-electron chi connectivity index (χ0n) is 18.7. The van der Waals surface area contributed by atoms with Crippen LogP contribution in [-0.2, 0) is 9.59 Å². The molecule has 2 saturated heterocycles. The number of nitrogens with zero attached hydrogens (tertiary/aromatic N) is 2. The highest BCUT2D eigenvalue weighted by Crippen LogP contribution is 2.43. The van der Waals surface area contributed by atoms with Gasteiger partial charge >= 0.3 is 0 Å². The minimum atomic E-state index is -0.0286. The summed E-state index contributed by atoms with van der Waals surface area (Å²) in [5.74, 6) is -0.0572. The van der Waals surface area contributed by atoms with Crippen LogP contribution in [0, 0.1) is 0 Å². The molecule has 0 saturated carbocycles. The van der Waals surface area contributed by atoms with E-state index in [2.05, 4.69) is 0 Å². The summed E-state index contributed by atoms with van der Waals surface area (Å²) in [5.41, 5.74) is 3.57. The van der Waals surface area contributed by atoms with Gasteiger partial charge in [0.2, 0.25) is 11.8 Å². The van der Waals surface area contributed by atoms with Crippen molar-refractivity contribution in [2.75, 3.05) is 22.9 Å². The lowest BCUT2D eigenvalue weighted by Crippen LogP contribution is -2.27. The molecule has 2 amide bonds. The molecule has 0 atom stereocenters. The third kappa shape index (κ3) is 3.28. The Balaban J connectivity index is 1.89. The third-order valence-corrected chi connectivity index (χ3v) is 5.77. The van der Waals surface area contributed by atoms with Crippen LogP contribution in [0.15, 0.2) is 72.7 Å². The first-order valence-electron chi connectivity index (χ1n) is 11.5. The second-order valence-electron chi connectivity index (χ2n) is 7.73. The molecule has 2 fully saturated rings. The zero-order chi connectivity index (χ0) is 22.2. The third-order valence-electron chi connectivity index (χ3n) is 5.77. The van der Waals surface area contributed by atoms with Crippen LogP contribution in [0.4, 0.5) is 11.4 Å². The van der Waals surface area contributed by atoms with Crippen molar-refractivity contribution >= 4 is 23.2 Å². The standard InChI is InChI=1S/C26H24N2O2/c29-25-13-7-15-27(25)23-18-22(20-11-5-2-6-12-20)24(28-16-8-14-26(28)30)17-21(23)19-9-3-1-4-10-19/h1-6,9-12,17-18H,7-8,13-16H2/i17D,18D. The van der Waals surface area contributed by atoms with E-state index in [-0.39, 0.29) is 23.9 Å². The molecule has 0 bridgehead atoms. The molecule has 0 spiro atoms. The van der Waals surface area contributed by atoms with Crippen molar-refractivity contribution in [1.82, 2.24) is 0 Å². The van der Waals surface area contributed by atoms with Gasteiger partial charge in [-0.05, 0) is 36.1 Å². The molecule has 30 heavy (non-hydrogen) atoms. The van der Waals surface area contributed by atoms with Crippen LogP contribution in [0.1, 0.15) is 28.4 Å². The highest BCUT2D eigenvalue weighted by Gasteiger charge is 2.29. The summed E-state index contributed by atoms with van der Waals surface area (Å²) in [5, 5.41) is 0. The fourth-order valence-electron chi connectivity index (χ4n) is 4.28. The number of anilines is 2. The van der Waals surface area contributed by atoms with Crippen molar-refractivity contribution in [3.05, 3.63) is 72.7 Å². The fraction of sp³-hybridized carbons (Fsp3) is 0.231. The molecule has 0 aromatic heterocycles. The predicted octanol–water partition coefficient (Wildman–Crippen LogP) is 5.27. The maximum absolute atomic E-state index is 12.8. The van der Waals surface area contributed by atoms with Crippen molar-refractivity contribution in [2.24, 2.45) is 0 Å². The predicted molar refractivity (Wildman–Crippen MR) is 120 cm³/mol. The second kappa shape index (κ2) is 7.79. The van der Waals surface area contributed by atoms with Gasteiger partial charge in [0, 0.05) is 37.1 Å². The van der Waals surface area contributed by atoms with E-state index in [1.54, 1.807) is 9.80 Å². The molecule has 150 valence electrons. The number of benzene rings is 3. The van der Waals surface area contributed by atoms with Gasteiger partial charge in [0.15, 0.2) is 0 Å². The molecule has 0 N–H and O–H groups in total. The number of hydrogen-bond acceptors (Lipinski definition) is 2. The van der Waals surface area contributed by atoms with Crippen LogP contribution in [0.25, 0.3) is 22.3 Å². The van der Waals surface area contributed by atoms with E-state index >= 15 is 0 Å². The van der Waals surface area contributed by atoms with Gasteiger partial charge in [-0.15, -0.1) is 0 Å². The van der Waals surface area contributed by atoms with Crippen LogP contribution in [0.5, 0.6) is 0 Å². The molecular weight excluding hydrogens is 372 g/mol. The number of amides is 2.